The fourth-order valence-electron chi connectivity index (χ4n) is 0.510. The average Bonchev–Trinajstić information content (AvgIpc) is 1.68. The summed E-state index contributed by atoms with van der Waals surface area (Å²) >= 11 is 0. The van der Waals surface area contributed by atoms with Gasteiger partial charge in [0, 0.05) is 0 Å². The van der Waals surface area contributed by atoms with Gasteiger partial charge in [-0.15, -0.1) is 6.58 Å². The van der Waals surface area contributed by atoms with Gasteiger partial charge < -0.3 is 5.73 Å². The monoisotopic (exact) mass is 111 g/mol. The molecule has 0 bridgehead atoms. The van der Waals surface area contributed by atoms with Crippen molar-refractivity contribution in [2.24, 2.45) is 5.73 Å². The summed E-state index contributed by atoms with van der Waals surface area (Å²) in [6.07, 6.45) is 3.67. The third kappa shape index (κ3) is 3.62. The van der Waals surface area contributed by atoms with Gasteiger partial charge in [0.25, 0.3) is 0 Å². The van der Waals surface area contributed by atoms with E-state index < -0.39 is 0 Å². The molecule has 2 N–H and O–H groups in total. The summed E-state index contributed by atoms with van der Waals surface area (Å²) in [5, 5.41) is 0. The van der Waals surface area contributed by atoms with E-state index in [-0.39, 0.29) is 0 Å². The van der Waals surface area contributed by atoms with Gasteiger partial charge in [0.2, 0.25) is 0 Å². The minimum absolute atomic E-state index is 0.701. The minimum Gasteiger partial charge on any atom is -0.330 e. The SMILES string of the molecule is C=CCC(=C)CCN. The normalized spacial score (nSPS) is 8.62. The van der Waals surface area contributed by atoms with Crippen molar-refractivity contribution < 1.29 is 0 Å². The number of hydrogen-bond donors (Lipinski definition) is 1. The Kier molecular flexibility index (Phi) is 4.27. The predicted octanol–water partition coefficient (Wildman–Crippen LogP) is 1.47. The Balaban J connectivity index is 3.18. The van der Waals surface area contributed by atoms with E-state index in [0.717, 1.165) is 12.8 Å². The predicted molar refractivity (Wildman–Crippen MR) is 37.6 cm³/mol. The molecule has 1 heteroatoms. The molecule has 0 amide bonds. The summed E-state index contributed by atoms with van der Waals surface area (Å²) in [7, 11) is 0. The minimum atomic E-state index is 0.701. The molecule has 0 aromatic heterocycles. The number of rotatable bonds is 4. The van der Waals surface area contributed by atoms with Crippen molar-refractivity contribution in [3.63, 3.8) is 0 Å². The lowest BCUT2D eigenvalue weighted by molar-refractivity contribution is 0.926. The molecule has 0 aromatic rings. The van der Waals surface area contributed by atoms with Gasteiger partial charge in [-0.3, -0.25) is 0 Å². The Hall–Kier alpha value is -0.560. The Morgan fingerprint density at radius 1 is 1.62 bits per heavy atom. The summed E-state index contributed by atoms with van der Waals surface area (Å²) < 4.78 is 0. The first-order valence-corrected chi connectivity index (χ1v) is 2.79. The van der Waals surface area contributed by atoms with Crippen LogP contribution in [0.3, 0.4) is 0 Å². The lowest BCUT2D eigenvalue weighted by atomic mass is 10.1. The van der Waals surface area contributed by atoms with E-state index in [9.17, 15) is 0 Å². The van der Waals surface area contributed by atoms with E-state index in [0.29, 0.717) is 6.54 Å². The highest BCUT2D eigenvalue weighted by Crippen LogP contribution is 2.00. The zero-order valence-electron chi connectivity index (χ0n) is 5.19. The van der Waals surface area contributed by atoms with E-state index in [1.165, 1.54) is 5.57 Å². The summed E-state index contributed by atoms with van der Waals surface area (Å²) in [6, 6.07) is 0. The van der Waals surface area contributed by atoms with Crippen molar-refractivity contribution in [3.05, 3.63) is 24.8 Å². The molecule has 0 heterocycles. The molecule has 0 fully saturated rings. The number of nitrogens with two attached hydrogens (primary N) is 1. The van der Waals surface area contributed by atoms with Gasteiger partial charge in [0.1, 0.15) is 0 Å². The van der Waals surface area contributed by atoms with E-state index in [1.807, 2.05) is 6.08 Å². The fraction of sp³-hybridized carbons (Fsp3) is 0.429. The van der Waals surface area contributed by atoms with Crippen LogP contribution in [0.4, 0.5) is 0 Å². The van der Waals surface area contributed by atoms with E-state index in [2.05, 4.69) is 13.2 Å². The highest BCUT2D eigenvalue weighted by Gasteiger charge is 1.85. The van der Waals surface area contributed by atoms with Crippen molar-refractivity contribution in [3.8, 4) is 0 Å². The standard InChI is InChI=1S/C7H13N/c1-3-4-7(2)5-6-8/h3H,1-2,4-6,8H2. The second-order valence-electron chi connectivity index (χ2n) is 1.78. The quantitative estimate of drug-likeness (QED) is 0.546. The van der Waals surface area contributed by atoms with Crippen LogP contribution in [0.2, 0.25) is 0 Å². The highest BCUT2D eigenvalue weighted by atomic mass is 14.5. The Labute approximate surface area is 50.9 Å². The molecule has 0 saturated carbocycles. The molecule has 0 atom stereocenters. The van der Waals surface area contributed by atoms with Gasteiger partial charge >= 0.3 is 0 Å². The van der Waals surface area contributed by atoms with Crippen LogP contribution in [0, 0.1) is 0 Å². The van der Waals surface area contributed by atoms with E-state index in [4.69, 9.17) is 5.73 Å². The van der Waals surface area contributed by atoms with Gasteiger partial charge in [-0.2, -0.15) is 0 Å². The van der Waals surface area contributed by atoms with Crippen LogP contribution in [0.1, 0.15) is 12.8 Å². The highest BCUT2D eigenvalue weighted by molar-refractivity contribution is 4.99. The smallest absolute Gasteiger partial charge is 0.00399 e. The van der Waals surface area contributed by atoms with Crippen LogP contribution in [0.5, 0.6) is 0 Å². The van der Waals surface area contributed by atoms with Gasteiger partial charge in [0.15, 0.2) is 0 Å². The van der Waals surface area contributed by atoms with Crippen molar-refractivity contribution in [1.82, 2.24) is 0 Å². The van der Waals surface area contributed by atoms with Gasteiger partial charge in [0.05, 0.1) is 0 Å². The Bertz CT molecular complexity index is 84.4. The average molecular weight is 111 g/mol. The maximum atomic E-state index is 5.26. The molecular weight excluding hydrogens is 98.1 g/mol. The third-order valence-corrected chi connectivity index (χ3v) is 0.931. The maximum absolute atomic E-state index is 5.26. The van der Waals surface area contributed by atoms with Crippen molar-refractivity contribution in [2.45, 2.75) is 12.8 Å². The first-order chi connectivity index (χ1) is 3.81. The molecule has 1 nitrogen and oxygen atoms in total. The maximum Gasteiger partial charge on any atom is -0.00399 e. The molecule has 0 unspecified atom stereocenters. The summed E-state index contributed by atoms with van der Waals surface area (Å²) in [4.78, 5) is 0. The molecule has 0 spiro atoms. The van der Waals surface area contributed by atoms with Crippen molar-refractivity contribution in [1.29, 1.82) is 0 Å². The van der Waals surface area contributed by atoms with Gasteiger partial charge in [-0.25, -0.2) is 0 Å². The largest absolute Gasteiger partial charge is 0.330 e. The van der Waals surface area contributed by atoms with Crippen LogP contribution < -0.4 is 5.73 Å². The number of allylic oxidation sites excluding steroid dienone is 1. The molecule has 46 valence electrons. The third-order valence-electron chi connectivity index (χ3n) is 0.931. The zero-order chi connectivity index (χ0) is 6.41. The first-order valence-electron chi connectivity index (χ1n) is 2.79. The second-order valence-corrected chi connectivity index (χ2v) is 1.78. The summed E-state index contributed by atoms with van der Waals surface area (Å²) in [6.45, 7) is 8.07. The van der Waals surface area contributed by atoms with Crippen LogP contribution in [-0.4, -0.2) is 6.54 Å². The molecule has 0 radical (unpaired) electrons. The Morgan fingerprint density at radius 2 is 2.25 bits per heavy atom. The topological polar surface area (TPSA) is 26.0 Å². The van der Waals surface area contributed by atoms with Crippen LogP contribution in [-0.2, 0) is 0 Å². The second kappa shape index (κ2) is 4.60. The van der Waals surface area contributed by atoms with Crippen molar-refractivity contribution in [2.75, 3.05) is 6.54 Å². The van der Waals surface area contributed by atoms with E-state index >= 15 is 0 Å². The molecule has 0 aliphatic heterocycles. The first kappa shape index (κ1) is 7.44. The van der Waals surface area contributed by atoms with Crippen LogP contribution >= 0.6 is 0 Å². The molecular formula is C7H13N. The van der Waals surface area contributed by atoms with Gasteiger partial charge in [-0.1, -0.05) is 18.2 Å². The Morgan fingerprint density at radius 3 is 2.62 bits per heavy atom. The van der Waals surface area contributed by atoms with Crippen molar-refractivity contribution >= 4 is 0 Å². The summed E-state index contributed by atoms with van der Waals surface area (Å²) in [5.74, 6) is 0. The zero-order valence-corrected chi connectivity index (χ0v) is 5.19. The van der Waals surface area contributed by atoms with Crippen LogP contribution in [0.25, 0.3) is 0 Å². The lowest BCUT2D eigenvalue weighted by Crippen LogP contribution is -1.98. The lowest BCUT2D eigenvalue weighted by Gasteiger charge is -1.95. The van der Waals surface area contributed by atoms with E-state index in [1.54, 1.807) is 0 Å². The molecule has 0 aliphatic carbocycles. The van der Waals surface area contributed by atoms with Gasteiger partial charge in [-0.05, 0) is 19.4 Å². The fourth-order valence-corrected chi connectivity index (χ4v) is 0.510. The molecule has 0 saturated heterocycles. The molecule has 8 heavy (non-hydrogen) atoms. The number of hydrogen-bond acceptors (Lipinski definition) is 1. The summed E-state index contributed by atoms with van der Waals surface area (Å²) in [5.41, 5.74) is 6.43. The molecule has 0 aromatic carbocycles. The molecule has 0 aliphatic rings. The molecule has 0 rings (SSSR count). The van der Waals surface area contributed by atoms with Crippen LogP contribution in [0.15, 0.2) is 24.8 Å².